The third-order valence-electron chi connectivity index (χ3n) is 7.71. The maximum absolute atomic E-state index is 12.8. The Morgan fingerprint density at radius 3 is 2.62 bits per heavy atom. The van der Waals surface area contributed by atoms with Crippen LogP contribution in [0.2, 0.25) is 10.0 Å². The Kier molecular flexibility index (Phi) is 7.85. The first-order valence-corrected chi connectivity index (χ1v) is 16.9. The van der Waals surface area contributed by atoms with Crippen molar-refractivity contribution in [3.05, 3.63) is 52.6 Å². The van der Waals surface area contributed by atoms with E-state index in [2.05, 4.69) is 30.4 Å². The molecule has 3 aromatic rings. The summed E-state index contributed by atoms with van der Waals surface area (Å²) in [5.41, 5.74) is 2.34. The van der Waals surface area contributed by atoms with E-state index in [-0.39, 0.29) is 6.04 Å². The highest BCUT2D eigenvalue weighted by atomic mass is 35.5. The number of hydrogen-bond donors (Lipinski definition) is 2. The molecular weight excluding hydrogens is 570 g/mol. The van der Waals surface area contributed by atoms with E-state index in [4.69, 9.17) is 32.7 Å². The summed E-state index contributed by atoms with van der Waals surface area (Å²) in [6.07, 6.45) is 3.71. The van der Waals surface area contributed by atoms with Gasteiger partial charge in [0, 0.05) is 55.9 Å². The highest BCUT2D eigenvalue weighted by Crippen LogP contribution is 2.44. The first-order chi connectivity index (χ1) is 19.3. The molecule has 2 fully saturated rings. The fourth-order valence-electron chi connectivity index (χ4n) is 5.74. The Balaban J connectivity index is 1.19. The van der Waals surface area contributed by atoms with Gasteiger partial charge in [0.2, 0.25) is 5.95 Å². The molecule has 0 bridgehead atoms. The molecule has 0 aliphatic carbocycles. The lowest BCUT2D eigenvalue weighted by Gasteiger charge is -2.48. The fraction of sp³-hybridized carbons (Fsp3) is 0.429. The lowest BCUT2D eigenvalue weighted by atomic mass is 10.0. The molecule has 212 valence electrons. The van der Waals surface area contributed by atoms with Crippen LogP contribution in [0.3, 0.4) is 0 Å². The van der Waals surface area contributed by atoms with Crippen molar-refractivity contribution in [1.29, 1.82) is 0 Å². The van der Waals surface area contributed by atoms with Crippen molar-refractivity contribution in [3.63, 3.8) is 0 Å². The van der Waals surface area contributed by atoms with Crippen LogP contribution in [-0.2, 0) is 9.30 Å². The van der Waals surface area contributed by atoms with Crippen molar-refractivity contribution in [3.8, 4) is 5.75 Å². The summed E-state index contributed by atoms with van der Waals surface area (Å²) in [5, 5.41) is 8.16. The molecule has 2 aromatic carbocycles. The van der Waals surface area contributed by atoms with Crippen LogP contribution in [0.1, 0.15) is 12.8 Å². The topological polar surface area (TPSA) is 91.8 Å². The van der Waals surface area contributed by atoms with Crippen LogP contribution in [0.4, 0.5) is 28.8 Å². The van der Waals surface area contributed by atoms with Crippen LogP contribution in [0.5, 0.6) is 5.75 Å². The van der Waals surface area contributed by atoms with Crippen LogP contribution in [-0.4, -0.2) is 79.7 Å². The van der Waals surface area contributed by atoms with Gasteiger partial charge in [-0.3, -0.25) is 4.90 Å². The van der Waals surface area contributed by atoms with Crippen molar-refractivity contribution < 1.29 is 14.0 Å². The van der Waals surface area contributed by atoms with Gasteiger partial charge in [0.1, 0.15) is 24.5 Å². The third kappa shape index (κ3) is 5.76. The van der Waals surface area contributed by atoms with Gasteiger partial charge < -0.3 is 29.6 Å². The predicted molar refractivity (Wildman–Crippen MR) is 163 cm³/mol. The van der Waals surface area contributed by atoms with Gasteiger partial charge in [-0.2, -0.15) is 4.98 Å². The van der Waals surface area contributed by atoms with Gasteiger partial charge in [0.25, 0.3) is 0 Å². The molecule has 0 saturated carbocycles. The maximum atomic E-state index is 12.8. The van der Waals surface area contributed by atoms with Crippen LogP contribution < -0.4 is 25.6 Å². The van der Waals surface area contributed by atoms with Crippen molar-refractivity contribution in [2.24, 2.45) is 0 Å². The molecule has 3 aliphatic rings. The second kappa shape index (κ2) is 11.4. The van der Waals surface area contributed by atoms with Crippen molar-refractivity contribution in [2.45, 2.75) is 24.9 Å². The fourth-order valence-corrected chi connectivity index (χ4v) is 7.35. The molecule has 0 spiro atoms. The summed E-state index contributed by atoms with van der Waals surface area (Å²) in [7, 11) is -2.52. The number of piperazine rings is 1. The van der Waals surface area contributed by atoms with Gasteiger partial charge >= 0.3 is 0 Å². The number of anilines is 5. The van der Waals surface area contributed by atoms with E-state index in [1.54, 1.807) is 13.3 Å². The molecule has 4 heterocycles. The maximum Gasteiger partial charge on any atom is 0.229 e. The van der Waals surface area contributed by atoms with Gasteiger partial charge in [0.15, 0.2) is 5.82 Å². The van der Waals surface area contributed by atoms with Gasteiger partial charge in [-0.1, -0.05) is 35.3 Å². The number of ether oxygens (including phenoxy) is 2. The summed E-state index contributed by atoms with van der Waals surface area (Å²) < 4.78 is 24.6. The number of benzene rings is 2. The number of nitrogens with zero attached hydrogens (tertiary/aromatic N) is 4. The van der Waals surface area contributed by atoms with Gasteiger partial charge in [-0.25, -0.2) is 4.98 Å². The molecular formula is C28H33Cl2N6O3P. The number of hydrogen-bond acceptors (Lipinski definition) is 9. The zero-order chi connectivity index (χ0) is 27.9. The van der Waals surface area contributed by atoms with Crippen molar-refractivity contribution in [2.75, 3.05) is 68.3 Å². The summed E-state index contributed by atoms with van der Waals surface area (Å²) >= 11 is 13.3. The Morgan fingerprint density at radius 2 is 1.82 bits per heavy atom. The second-order valence-corrected chi connectivity index (χ2v) is 14.8. The first kappa shape index (κ1) is 27.6. The number of aromatic nitrogens is 2. The summed E-state index contributed by atoms with van der Waals surface area (Å²) in [6.45, 7) is 8.64. The van der Waals surface area contributed by atoms with E-state index >= 15 is 0 Å². The Labute approximate surface area is 244 Å². The molecule has 1 atom stereocenters. The minimum Gasteiger partial charge on any atom is -0.489 e. The Bertz CT molecular complexity index is 1450. The SMILES string of the molecule is CP(C)(=O)c1ccccc1Nc1nc(Nc2cc(Cl)c3c(c2)OC[C@H]2CN(C4CCOCC4)CCN32)ncc1Cl. The van der Waals surface area contributed by atoms with E-state index in [1.807, 2.05) is 36.4 Å². The number of rotatable bonds is 6. The van der Waals surface area contributed by atoms with Crippen LogP contribution in [0.25, 0.3) is 0 Å². The molecule has 0 radical (unpaired) electrons. The molecule has 40 heavy (non-hydrogen) atoms. The lowest BCUT2D eigenvalue weighted by molar-refractivity contribution is 0.0231. The molecule has 1 aromatic heterocycles. The van der Waals surface area contributed by atoms with Gasteiger partial charge in [-0.05, 0) is 44.4 Å². The highest BCUT2D eigenvalue weighted by Gasteiger charge is 2.37. The average Bonchev–Trinajstić information content (AvgIpc) is 2.94. The van der Waals surface area contributed by atoms with Gasteiger partial charge in [0.05, 0.1) is 28.6 Å². The normalized spacial score (nSPS) is 19.9. The molecule has 3 aliphatic heterocycles. The standard InChI is InChI=1S/C28H33Cl2N6O3P/c1-40(2,37)25-6-4-3-5-23(25)33-27-22(30)15-31-28(34-27)32-18-13-21(29)26-24(14-18)39-17-20-16-35(9-10-36(20)26)19-7-11-38-12-8-19/h3-6,13-15,19-20H,7-12,16-17H2,1-2H3,(H2,31,32,33,34)/t20-/m1/s1. The Hall–Kier alpha value is -2.55. The van der Waals surface area contributed by atoms with Crippen molar-refractivity contribution >= 4 is 64.5 Å². The number of nitrogens with one attached hydrogen (secondary N) is 2. The molecule has 12 heteroatoms. The van der Waals surface area contributed by atoms with Crippen LogP contribution >= 0.6 is 30.3 Å². The lowest BCUT2D eigenvalue weighted by Crippen LogP contribution is -2.60. The molecule has 6 rings (SSSR count). The number of fused-ring (bicyclic) bond motifs is 3. The predicted octanol–water partition coefficient (Wildman–Crippen LogP) is 5.58. The van der Waals surface area contributed by atoms with E-state index in [0.29, 0.717) is 45.8 Å². The summed E-state index contributed by atoms with van der Waals surface area (Å²) in [4.78, 5) is 13.9. The zero-order valence-corrected chi connectivity index (χ0v) is 25.0. The molecule has 0 unspecified atom stereocenters. The van der Waals surface area contributed by atoms with Crippen molar-refractivity contribution in [1.82, 2.24) is 14.9 Å². The van der Waals surface area contributed by atoms with E-state index in [1.165, 1.54) is 6.20 Å². The highest BCUT2D eigenvalue weighted by molar-refractivity contribution is 7.70. The number of para-hydroxylation sites is 1. The minimum atomic E-state index is -2.52. The monoisotopic (exact) mass is 602 g/mol. The smallest absolute Gasteiger partial charge is 0.229 e. The quantitative estimate of drug-likeness (QED) is 0.351. The molecule has 0 amide bonds. The second-order valence-electron chi connectivity index (χ2n) is 10.8. The zero-order valence-electron chi connectivity index (χ0n) is 22.6. The molecule has 2 N–H and O–H groups in total. The van der Waals surface area contributed by atoms with Crippen LogP contribution in [0.15, 0.2) is 42.6 Å². The third-order valence-corrected chi connectivity index (χ3v) is 9.82. The van der Waals surface area contributed by atoms with E-state index in [0.717, 1.165) is 62.4 Å². The average molecular weight is 603 g/mol. The Morgan fingerprint density at radius 1 is 1.02 bits per heavy atom. The van der Waals surface area contributed by atoms with E-state index < -0.39 is 7.14 Å². The summed E-state index contributed by atoms with van der Waals surface area (Å²) in [5.74, 6) is 1.50. The largest absolute Gasteiger partial charge is 0.489 e. The van der Waals surface area contributed by atoms with Gasteiger partial charge in [-0.15, -0.1) is 0 Å². The first-order valence-electron chi connectivity index (χ1n) is 13.5. The summed E-state index contributed by atoms with van der Waals surface area (Å²) in [6, 6.07) is 12.1. The molecule has 9 nitrogen and oxygen atoms in total. The molecule has 2 saturated heterocycles. The van der Waals surface area contributed by atoms with E-state index in [9.17, 15) is 4.57 Å². The van der Waals surface area contributed by atoms with Crippen LogP contribution in [0, 0.1) is 0 Å². The number of halogens is 2. The minimum absolute atomic E-state index is 0.262.